The largest absolute Gasteiger partial charge is 0.309 e. The molecule has 0 aliphatic carbocycles. The van der Waals surface area contributed by atoms with Crippen molar-refractivity contribution in [3.8, 4) is 28.7 Å². The zero-order chi connectivity index (χ0) is 33.5. The highest BCUT2D eigenvalue weighted by Crippen LogP contribution is 2.36. The Morgan fingerprint density at radius 1 is 0.314 bits per heavy atom. The van der Waals surface area contributed by atoms with Crippen molar-refractivity contribution in [2.24, 2.45) is 0 Å². The molecule has 4 heterocycles. The predicted octanol–water partition coefficient (Wildman–Crippen LogP) is 11.4. The van der Waals surface area contributed by atoms with E-state index in [-0.39, 0.29) is 0 Å². The lowest BCUT2D eigenvalue weighted by atomic mass is 10.1. The normalized spacial score (nSPS) is 11.9. The lowest BCUT2D eigenvalue weighted by Gasteiger charge is -2.14. The first kappa shape index (κ1) is 27.9. The molecule has 0 aliphatic heterocycles. The summed E-state index contributed by atoms with van der Waals surface area (Å²) in [4.78, 5) is 10.7. The van der Waals surface area contributed by atoms with Gasteiger partial charge in [-0.15, -0.1) is 0 Å². The zero-order valence-corrected chi connectivity index (χ0v) is 27.5. The third-order valence-electron chi connectivity index (χ3n) is 10.3. The Kier molecular flexibility index (Phi) is 5.89. The molecule has 5 nitrogen and oxygen atoms in total. The van der Waals surface area contributed by atoms with Crippen molar-refractivity contribution < 1.29 is 0 Å². The highest BCUT2D eigenvalue weighted by Gasteiger charge is 2.19. The van der Waals surface area contributed by atoms with Crippen LogP contribution >= 0.6 is 0 Å². The molecular formula is C46H29N5. The second-order valence-electron chi connectivity index (χ2n) is 13.1. The van der Waals surface area contributed by atoms with E-state index in [0.717, 1.165) is 44.8 Å². The van der Waals surface area contributed by atoms with Crippen molar-refractivity contribution in [3.05, 3.63) is 176 Å². The quantitative estimate of drug-likeness (QED) is 0.190. The summed E-state index contributed by atoms with van der Waals surface area (Å²) >= 11 is 0. The minimum Gasteiger partial charge on any atom is -0.309 e. The monoisotopic (exact) mass is 651 g/mol. The van der Waals surface area contributed by atoms with Crippen molar-refractivity contribution >= 4 is 65.4 Å². The van der Waals surface area contributed by atoms with Crippen LogP contribution in [0.5, 0.6) is 0 Å². The van der Waals surface area contributed by atoms with Crippen LogP contribution in [0.1, 0.15) is 0 Å². The van der Waals surface area contributed by atoms with Crippen LogP contribution in [0.3, 0.4) is 0 Å². The Hall–Kier alpha value is -6.98. The molecule has 0 amide bonds. The smallest absolute Gasteiger partial charge is 0.237 e. The van der Waals surface area contributed by atoms with Gasteiger partial charge in [0, 0.05) is 49.6 Å². The summed E-state index contributed by atoms with van der Waals surface area (Å²) in [5.74, 6) is 1.45. The number of aromatic nitrogens is 5. The molecule has 0 saturated carbocycles. The third kappa shape index (κ3) is 4.09. The van der Waals surface area contributed by atoms with Crippen molar-refractivity contribution in [2.45, 2.75) is 0 Å². The highest BCUT2D eigenvalue weighted by atomic mass is 15.2. The number of nitrogens with zero attached hydrogens (tertiary/aromatic N) is 5. The van der Waals surface area contributed by atoms with Crippen LogP contribution in [-0.4, -0.2) is 23.7 Å². The van der Waals surface area contributed by atoms with Gasteiger partial charge in [-0.1, -0.05) is 121 Å². The maximum atomic E-state index is 5.38. The molecule has 11 rings (SSSR count). The van der Waals surface area contributed by atoms with Gasteiger partial charge in [-0.2, -0.15) is 4.98 Å². The number of hydrogen-bond acceptors (Lipinski definition) is 2. The Morgan fingerprint density at radius 2 is 0.667 bits per heavy atom. The number of benzene rings is 7. The van der Waals surface area contributed by atoms with E-state index >= 15 is 0 Å². The van der Waals surface area contributed by atoms with Gasteiger partial charge in [-0.3, -0.25) is 9.13 Å². The van der Waals surface area contributed by atoms with Gasteiger partial charge in [0.2, 0.25) is 5.95 Å². The molecular weight excluding hydrogens is 623 g/mol. The van der Waals surface area contributed by atoms with Crippen LogP contribution in [0.2, 0.25) is 0 Å². The van der Waals surface area contributed by atoms with Gasteiger partial charge in [-0.05, 0) is 48.5 Å². The van der Waals surface area contributed by atoms with Crippen molar-refractivity contribution in [1.82, 2.24) is 23.7 Å². The molecule has 4 aromatic heterocycles. The summed E-state index contributed by atoms with van der Waals surface area (Å²) in [7, 11) is 0. The molecule has 0 saturated heterocycles. The van der Waals surface area contributed by atoms with Crippen LogP contribution < -0.4 is 0 Å². The molecule has 0 unspecified atom stereocenters. The van der Waals surface area contributed by atoms with E-state index in [1.807, 2.05) is 0 Å². The molecule has 51 heavy (non-hydrogen) atoms. The Balaban J connectivity index is 1.17. The molecule has 0 atom stereocenters. The van der Waals surface area contributed by atoms with Gasteiger partial charge in [-0.25, -0.2) is 4.98 Å². The predicted molar refractivity (Wildman–Crippen MR) is 210 cm³/mol. The van der Waals surface area contributed by atoms with Gasteiger partial charge in [0.1, 0.15) is 5.82 Å². The second kappa shape index (κ2) is 10.8. The third-order valence-corrected chi connectivity index (χ3v) is 10.3. The second-order valence-corrected chi connectivity index (χ2v) is 13.1. The van der Waals surface area contributed by atoms with E-state index in [0.29, 0.717) is 5.95 Å². The van der Waals surface area contributed by atoms with Gasteiger partial charge in [0.05, 0.1) is 38.8 Å². The lowest BCUT2D eigenvalue weighted by Crippen LogP contribution is -2.07. The zero-order valence-electron chi connectivity index (χ0n) is 27.5. The van der Waals surface area contributed by atoms with Crippen molar-refractivity contribution in [2.75, 3.05) is 0 Å². The molecule has 0 bridgehead atoms. The number of rotatable bonds is 4. The summed E-state index contributed by atoms with van der Waals surface area (Å²) in [5, 5.41) is 7.25. The molecule has 0 radical (unpaired) electrons. The Morgan fingerprint density at radius 3 is 1.08 bits per heavy atom. The number of hydrogen-bond donors (Lipinski definition) is 0. The SMILES string of the molecule is c1ccc2c(c1)c1ccccc1n2-c1ccc(-c2cc(-n3c4ccccc4c4ccccc43)nc(-n3c4ccccc4c4ccccc43)n2)cc1. The summed E-state index contributed by atoms with van der Waals surface area (Å²) in [5.41, 5.74) is 9.73. The van der Waals surface area contributed by atoms with Crippen molar-refractivity contribution in [1.29, 1.82) is 0 Å². The fourth-order valence-electron chi connectivity index (χ4n) is 8.07. The van der Waals surface area contributed by atoms with E-state index in [1.165, 1.54) is 43.4 Å². The molecule has 11 aromatic rings. The molecule has 0 fully saturated rings. The highest BCUT2D eigenvalue weighted by molar-refractivity contribution is 6.11. The first-order valence-electron chi connectivity index (χ1n) is 17.3. The first-order chi connectivity index (χ1) is 25.3. The van der Waals surface area contributed by atoms with Gasteiger partial charge in [0.25, 0.3) is 0 Å². The Labute approximate surface area is 292 Å². The summed E-state index contributed by atoms with van der Waals surface area (Å²) < 4.78 is 6.83. The first-order valence-corrected chi connectivity index (χ1v) is 17.3. The number of para-hydroxylation sites is 6. The average Bonchev–Trinajstić information content (AvgIpc) is 3.84. The summed E-state index contributed by atoms with van der Waals surface area (Å²) in [6.07, 6.45) is 0. The number of fused-ring (bicyclic) bond motifs is 9. The maximum Gasteiger partial charge on any atom is 0.237 e. The van der Waals surface area contributed by atoms with Crippen LogP contribution in [-0.2, 0) is 0 Å². The van der Waals surface area contributed by atoms with E-state index in [2.05, 4.69) is 190 Å². The standard InChI is InChI=1S/C46H29N5/c1-7-19-39-32(13-1)33-14-2-8-20-40(33)49(39)31-27-25-30(26-28-31)38-29-45(50-41-21-9-3-15-34(41)35-16-4-10-22-42(35)50)48-46(47-38)51-43-23-11-5-17-36(43)37-18-6-12-24-44(37)51/h1-29H. The van der Waals surface area contributed by atoms with Gasteiger partial charge in [0.15, 0.2) is 0 Å². The minimum atomic E-state index is 0.633. The Bertz CT molecular complexity index is 2850. The molecule has 5 heteroatoms. The maximum absolute atomic E-state index is 5.38. The van der Waals surface area contributed by atoms with Crippen LogP contribution in [0.4, 0.5) is 0 Å². The van der Waals surface area contributed by atoms with E-state index in [4.69, 9.17) is 9.97 Å². The minimum absolute atomic E-state index is 0.633. The topological polar surface area (TPSA) is 40.6 Å². The average molecular weight is 652 g/mol. The summed E-state index contributed by atoms with van der Waals surface area (Å²) in [6.45, 7) is 0. The molecule has 0 aliphatic rings. The summed E-state index contributed by atoms with van der Waals surface area (Å²) in [6, 6.07) is 62.4. The fourth-order valence-corrected chi connectivity index (χ4v) is 8.07. The molecule has 238 valence electrons. The van der Waals surface area contributed by atoms with Crippen LogP contribution in [0, 0.1) is 0 Å². The molecule has 0 N–H and O–H groups in total. The van der Waals surface area contributed by atoms with E-state index in [1.54, 1.807) is 0 Å². The van der Waals surface area contributed by atoms with Crippen LogP contribution in [0.25, 0.3) is 94.1 Å². The van der Waals surface area contributed by atoms with E-state index in [9.17, 15) is 0 Å². The van der Waals surface area contributed by atoms with Crippen molar-refractivity contribution in [3.63, 3.8) is 0 Å². The van der Waals surface area contributed by atoms with E-state index < -0.39 is 0 Å². The van der Waals surface area contributed by atoms with Crippen LogP contribution in [0.15, 0.2) is 176 Å². The molecule has 7 aromatic carbocycles. The lowest BCUT2D eigenvalue weighted by molar-refractivity contribution is 0.952. The van der Waals surface area contributed by atoms with Gasteiger partial charge >= 0.3 is 0 Å². The fraction of sp³-hybridized carbons (Fsp3) is 0. The molecule has 0 spiro atoms. The van der Waals surface area contributed by atoms with Gasteiger partial charge < -0.3 is 4.57 Å².